The SMILES string of the molecule is COc1cc(S(=O)(=O)c2ccccc2)c(S(=O)(=O)c2ccccc2)c([N+](=O)[O-])c1O. The summed E-state index contributed by atoms with van der Waals surface area (Å²) in [6.45, 7) is 0. The second-order valence-electron chi connectivity index (χ2n) is 5.99. The molecule has 0 fully saturated rings. The molecule has 9 nitrogen and oxygen atoms in total. The van der Waals surface area contributed by atoms with Crippen molar-refractivity contribution >= 4 is 25.4 Å². The van der Waals surface area contributed by atoms with E-state index in [1.807, 2.05) is 0 Å². The van der Waals surface area contributed by atoms with Crippen molar-refractivity contribution in [2.75, 3.05) is 7.11 Å². The molecule has 3 aromatic carbocycles. The highest BCUT2D eigenvalue weighted by molar-refractivity contribution is 7.94. The van der Waals surface area contributed by atoms with E-state index >= 15 is 0 Å². The molecule has 0 aliphatic heterocycles. The van der Waals surface area contributed by atoms with Gasteiger partial charge in [0.2, 0.25) is 25.4 Å². The first kappa shape index (κ1) is 21.3. The number of phenols is 1. The minimum absolute atomic E-state index is 0.281. The number of nitrogens with zero attached hydrogens (tertiary/aromatic N) is 1. The molecule has 0 radical (unpaired) electrons. The Kier molecular flexibility index (Phi) is 5.51. The molecule has 11 heteroatoms. The fraction of sp³-hybridized carbons (Fsp3) is 0.0526. The number of aromatic hydroxyl groups is 1. The maximum Gasteiger partial charge on any atom is 0.334 e. The van der Waals surface area contributed by atoms with Gasteiger partial charge in [-0.1, -0.05) is 36.4 Å². The van der Waals surface area contributed by atoms with Crippen molar-refractivity contribution in [1.29, 1.82) is 0 Å². The van der Waals surface area contributed by atoms with Crippen LogP contribution in [0.4, 0.5) is 5.69 Å². The highest BCUT2D eigenvalue weighted by Crippen LogP contribution is 2.47. The molecule has 0 spiro atoms. The monoisotopic (exact) mass is 449 g/mol. The first-order valence-corrected chi connectivity index (χ1v) is 11.3. The van der Waals surface area contributed by atoms with Crippen LogP contribution in [-0.2, 0) is 19.7 Å². The van der Waals surface area contributed by atoms with E-state index in [0.29, 0.717) is 0 Å². The summed E-state index contributed by atoms with van der Waals surface area (Å²) in [4.78, 5) is 7.91. The van der Waals surface area contributed by atoms with Crippen molar-refractivity contribution in [3.8, 4) is 11.5 Å². The van der Waals surface area contributed by atoms with Crippen LogP contribution in [0.15, 0.2) is 86.3 Å². The predicted molar refractivity (Wildman–Crippen MR) is 105 cm³/mol. The van der Waals surface area contributed by atoms with Gasteiger partial charge in [0.05, 0.1) is 21.8 Å². The van der Waals surface area contributed by atoms with Crippen LogP contribution in [0.2, 0.25) is 0 Å². The normalized spacial score (nSPS) is 11.8. The van der Waals surface area contributed by atoms with Crippen molar-refractivity contribution in [2.24, 2.45) is 0 Å². The molecular formula is C19H15NO8S2. The molecule has 3 aromatic rings. The first-order valence-electron chi connectivity index (χ1n) is 8.31. The fourth-order valence-electron chi connectivity index (χ4n) is 2.82. The molecule has 0 atom stereocenters. The van der Waals surface area contributed by atoms with Gasteiger partial charge in [-0.05, 0) is 24.3 Å². The summed E-state index contributed by atoms with van der Waals surface area (Å²) in [6, 6.07) is 14.2. The molecule has 0 saturated carbocycles. The van der Waals surface area contributed by atoms with Crippen LogP contribution in [0, 0.1) is 10.1 Å². The molecule has 0 amide bonds. The molecule has 30 heavy (non-hydrogen) atoms. The van der Waals surface area contributed by atoms with Crippen molar-refractivity contribution in [1.82, 2.24) is 0 Å². The molecule has 0 aromatic heterocycles. The maximum atomic E-state index is 13.3. The lowest BCUT2D eigenvalue weighted by atomic mass is 10.2. The summed E-state index contributed by atoms with van der Waals surface area (Å²) in [5.41, 5.74) is -1.28. The Hall–Kier alpha value is -3.44. The van der Waals surface area contributed by atoms with Crippen LogP contribution in [-0.4, -0.2) is 34.0 Å². The minimum atomic E-state index is -4.72. The lowest BCUT2D eigenvalue weighted by molar-refractivity contribution is -0.389. The molecule has 0 aliphatic rings. The number of ether oxygens (including phenoxy) is 1. The molecule has 1 N–H and O–H groups in total. The number of methoxy groups -OCH3 is 1. The number of sulfone groups is 2. The fourth-order valence-corrected chi connectivity index (χ4v) is 6.35. The number of phenolic OH excluding ortho intramolecular Hbond substituents is 1. The Morgan fingerprint density at radius 2 is 1.33 bits per heavy atom. The number of hydrogen-bond acceptors (Lipinski definition) is 8. The van der Waals surface area contributed by atoms with Crippen molar-refractivity contribution in [2.45, 2.75) is 19.6 Å². The number of benzene rings is 3. The van der Waals surface area contributed by atoms with E-state index in [9.17, 15) is 32.1 Å². The lowest BCUT2D eigenvalue weighted by Gasteiger charge is -2.15. The van der Waals surface area contributed by atoms with Crippen LogP contribution < -0.4 is 4.74 Å². The van der Waals surface area contributed by atoms with Crippen molar-refractivity contribution in [3.05, 3.63) is 76.8 Å². The number of nitro benzene ring substituents is 1. The number of nitro groups is 1. The molecule has 0 unspecified atom stereocenters. The summed E-state index contributed by atoms with van der Waals surface area (Å²) in [5, 5.41) is 22.0. The highest BCUT2D eigenvalue weighted by atomic mass is 32.2. The second-order valence-corrected chi connectivity index (χ2v) is 9.80. The summed E-state index contributed by atoms with van der Waals surface area (Å²) >= 11 is 0. The Balaban J connectivity index is 2.52. The first-order chi connectivity index (χ1) is 14.1. The molecule has 156 valence electrons. The molecule has 0 bridgehead atoms. The maximum absolute atomic E-state index is 13.3. The standard InChI is InChI=1S/C19H15NO8S2/c1-28-15-12-16(29(24,25)13-8-4-2-5-9-13)19(17(18(15)21)20(22)23)30(26,27)14-10-6-3-7-11-14/h2-12,21H,1H3. The van der Waals surface area contributed by atoms with E-state index in [4.69, 9.17) is 4.74 Å². The van der Waals surface area contributed by atoms with Gasteiger partial charge in [0, 0.05) is 6.07 Å². The lowest BCUT2D eigenvalue weighted by Crippen LogP contribution is -2.14. The van der Waals surface area contributed by atoms with Crippen LogP contribution in [0.5, 0.6) is 11.5 Å². The summed E-state index contributed by atoms with van der Waals surface area (Å²) < 4.78 is 58.0. The zero-order valence-corrected chi connectivity index (χ0v) is 17.1. The molecular weight excluding hydrogens is 434 g/mol. The topological polar surface area (TPSA) is 141 Å². The smallest absolute Gasteiger partial charge is 0.334 e. The van der Waals surface area contributed by atoms with E-state index < -0.39 is 51.6 Å². The number of hydrogen-bond donors (Lipinski definition) is 1. The average Bonchev–Trinajstić information content (AvgIpc) is 2.74. The van der Waals surface area contributed by atoms with E-state index in [0.717, 1.165) is 13.2 Å². The molecule has 0 aliphatic carbocycles. The van der Waals surface area contributed by atoms with Crippen molar-refractivity contribution in [3.63, 3.8) is 0 Å². The van der Waals surface area contributed by atoms with Gasteiger partial charge in [-0.25, -0.2) is 16.8 Å². The summed E-state index contributed by atoms with van der Waals surface area (Å²) in [7, 11) is -8.20. The Morgan fingerprint density at radius 3 is 1.77 bits per heavy atom. The van der Waals surface area contributed by atoms with Crippen LogP contribution in [0.3, 0.4) is 0 Å². The third kappa shape index (κ3) is 3.48. The van der Waals surface area contributed by atoms with Gasteiger partial charge >= 0.3 is 5.69 Å². The average molecular weight is 449 g/mol. The van der Waals surface area contributed by atoms with Crippen LogP contribution in [0.25, 0.3) is 0 Å². The van der Waals surface area contributed by atoms with Gasteiger partial charge in [-0.3, -0.25) is 10.1 Å². The van der Waals surface area contributed by atoms with Gasteiger partial charge in [-0.2, -0.15) is 0 Å². The highest BCUT2D eigenvalue weighted by Gasteiger charge is 2.40. The van der Waals surface area contributed by atoms with E-state index in [2.05, 4.69) is 0 Å². The summed E-state index contributed by atoms with van der Waals surface area (Å²) in [5.74, 6) is -1.65. The Labute approximate surface area is 172 Å². The number of rotatable bonds is 6. The van der Waals surface area contributed by atoms with Gasteiger partial charge in [0.15, 0.2) is 10.6 Å². The third-order valence-electron chi connectivity index (χ3n) is 4.23. The van der Waals surface area contributed by atoms with Gasteiger partial charge < -0.3 is 9.84 Å². The van der Waals surface area contributed by atoms with E-state index in [1.54, 1.807) is 6.07 Å². The van der Waals surface area contributed by atoms with Gasteiger partial charge in [0.25, 0.3) is 0 Å². The van der Waals surface area contributed by atoms with Crippen LogP contribution >= 0.6 is 0 Å². The largest absolute Gasteiger partial charge is 0.499 e. The van der Waals surface area contributed by atoms with Gasteiger partial charge in [-0.15, -0.1) is 0 Å². The quantitative estimate of drug-likeness (QED) is 0.447. The molecule has 0 heterocycles. The van der Waals surface area contributed by atoms with E-state index in [-0.39, 0.29) is 9.79 Å². The zero-order valence-electron chi connectivity index (χ0n) is 15.4. The summed E-state index contributed by atoms with van der Waals surface area (Å²) in [6.07, 6.45) is 0. The zero-order chi connectivity index (χ0) is 22.1. The van der Waals surface area contributed by atoms with Crippen LogP contribution in [0.1, 0.15) is 0 Å². The van der Waals surface area contributed by atoms with E-state index in [1.165, 1.54) is 54.6 Å². The predicted octanol–water partition coefficient (Wildman–Crippen LogP) is 2.97. The third-order valence-corrected chi connectivity index (χ3v) is 7.99. The Bertz CT molecular complexity index is 1320. The Morgan fingerprint density at radius 1 is 0.867 bits per heavy atom. The minimum Gasteiger partial charge on any atom is -0.499 e. The second kappa shape index (κ2) is 7.76. The molecule has 3 rings (SSSR count). The molecule has 0 saturated heterocycles. The van der Waals surface area contributed by atoms with Crippen molar-refractivity contribution < 1.29 is 31.6 Å². The van der Waals surface area contributed by atoms with Gasteiger partial charge in [0.1, 0.15) is 4.90 Å².